The van der Waals surface area contributed by atoms with Crippen molar-refractivity contribution in [2.24, 2.45) is 0 Å². The van der Waals surface area contributed by atoms with Gasteiger partial charge < -0.3 is 5.32 Å². The minimum absolute atomic E-state index is 1.12. The zero-order valence-electron chi connectivity index (χ0n) is 9.86. The molecular formula is C15H14N2S. The molecular weight excluding hydrogens is 240 g/mol. The quantitative estimate of drug-likeness (QED) is 0.724. The number of hydrogen-bond acceptors (Lipinski definition) is 3. The van der Waals surface area contributed by atoms with Crippen molar-refractivity contribution in [2.75, 3.05) is 5.32 Å². The molecule has 0 atom stereocenters. The third-order valence-electron chi connectivity index (χ3n) is 2.18. The molecule has 0 saturated heterocycles. The lowest BCUT2D eigenvalue weighted by molar-refractivity contribution is 1.43. The van der Waals surface area contributed by atoms with Crippen LogP contribution in [-0.2, 0) is 0 Å². The standard InChI is InChI=1S/C12H11N.C3H3NS/c1-3-7-11(8-4-1)13-12-9-5-2-6-10-12;1-2-5-3-4-1/h1-10,13H;1-3H. The summed E-state index contributed by atoms with van der Waals surface area (Å²) in [6.07, 6.45) is 1.77. The highest BCUT2D eigenvalue weighted by molar-refractivity contribution is 7.07. The van der Waals surface area contributed by atoms with Crippen LogP contribution in [0.15, 0.2) is 77.8 Å². The third kappa shape index (κ3) is 4.39. The summed E-state index contributed by atoms with van der Waals surface area (Å²) in [6, 6.07) is 20.3. The van der Waals surface area contributed by atoms with E-state index in [1.807, 2.05) is 66.0 Å². The molecule has 2 nitrogen and oxygen atoms in total. The summed E-state index contributed by atoms with van der Waals surface area (Å²) in [4.78, 5) is 3.74. The number of nitrogens with zero attached hydrogens (tertiary/aromatic N) is 1. The van der Waals surface area contributed by atoms with Crippen LogP contribution in [0.1, 0.15) is 0 Å². The van der Waals surface area contributed by atoms with Crippen molar-refractivity contribution in [3.05, 3.63) is 77.8 Å². The molecule has 2 aromatic carbocycles. The van der Waals surface area contributed by atoms with Crippen LogP contribution in [0.5, 0.6) is 0 Å². The molecule has 3 rings (SSSR count). The van der Waals surface area contributed by atoms with Gasteiger partial charge in [0.25, 0.3) is 0 Å². The molecule has 90 valence electrons. The fourth-order valence-electron chi connectivity index (χ4n) is 1.39. The van der Waals surface area contributed by atoms with Crippen LogP contribution >= 0.6 is 11.3 Å². The van der Waals surface area contributed by atoms with Crippen LogP contribution in [0.3, 0.4) is 0 Å². The molecule has 0 aliphatic carbocycles. The van der Waals surface area contributed by atoms with Gasteiger partial charge in [0.2, 0.25) is 0 Å². The van der Waals surface area contributed by atoms with Crippen molar-refractivity contribution < 1.29 is 0 Å². The molecule has 1 heterocycles. The molecule has 18 heavy (non-hydrogen) atoms. The second kappa shape index (κ2) is 7.25. The van der Waals surface area contributed by atoms with Crippen molar-refractivity contribution in [3.63, 3.8) is 0 Å². The van der Waals surface area contributed by atoms with Crippen LogP contribution in [0, 0.1) is 0 Å². The van der Waals surface area contributed by atoms with Crippen LogP contribution in [0.25, 0.3) is 0 Å². The average Bonchev–Trinajstić information content (AvgIpc) is 3.00. The summed E-state index contributed by atoms with van der Waals surface area (Å²) in [6.45, 7) is 0. The fourth-order valence-corrected chi connectivity index (χ4v) is 1.74. The topological polar surface area (TPSA) is 24.9 Å². The number of para-hydroxylation sites is 2. The van der Waals surface area contributed by atoms with Crippen LogP contribution in [-0.4, -0.2) is 4.98 Å². The maximum atomic E-state index is 3.74. The number of hydrogen-bond donors (Lipinski definition) is 1. The molecule has 0 aliphatic rings. The molecule has 1 N–H and O–H groups in total. The zero-order chi connectivity index (χ0) is 12.5. The molecule has 3 heteroatoms. The van der Waals surface area contributed by atoms with Crippen LogP contribution < -0.4 is 5.32 Å². The summed E-state index contributed by atoms with van der Waals surface area (Å²) < 4.78 is 0. The molecule has 0 unspecified atom stereocenters. The Balaban J connectivity index is 0.000000202. The van der Waals surface area contributed by atoms with Crippen molar-refractivity contribution >= 4 is 22.7 Å². The van der Waals surface area contributed by atoms with Crippen molar-refractivity contribution in [1.29, 1.82) is 0 Å². The van der Waals surface area contributed by atoms with Crippen molar-refractivity contribution in [1.82, 2.24) is 4.98 Å². The van der Waals surface area contributed by atoms with Gasteiger partial charge in [-0.15, -0.1) is 11.3 Å². The van der Waals surface area contributed by atoms with Gasteiger partial charge in [-0.2, -0.15) is 0 Å². The molecule has 1 aromatic heterocycles. The Hall–Kier alpha value is -2.13. The molecule has 0 spiro atoms. The van der Waals surface area contributed by atoms with E-state index in [-0.39, 0.29) is 0 Å². The second-order valence-corrected chi connectivity index (χ2v) is 4.29. The molecule has 0 amide bonds. The first-order valence-corrected chi connectivity index (χ1v) is 6.59. The predicted octanol–water partition coefficient (Wildman–Crippen LogP) is 4.57. The van der Waals surface area contributed by atoms with E-state index in [1.54, 1.807) is 23.0 Å². The first-order valence-electron chi connectivity index (χ1n) is 5.64. The van der Waals surface area contributed by atoms with Crippen LogP contribution in [0.4, 0.5) is 11.4 Å². The fraction of sp³-hybridized carbons (Fsp3) is 0. The van der Waals surface area contributed by atoms with E-state index in [2.05, 4.69) is 10.3 Å². The predicted molar refractivity (Wildman–Crippen MR) is 78.3 cm³/mol. The smallest absolute Gasteiger partial charge is 0.0791 e. The first-order chi connectivity index (χ1) is 8.95. The van der Waals surface area contributed by atoms with E-state index in [1.165, 1.54) is 0 Å². The van der Waals surface area contributed by atoms with Crippen LogP contribution in [0.2, 0.25) is 0 Å². The Labute approximate surface area is 111 Å². The van der Waals surface area contributed by atoms with Gasteiger partial charge >= 0.3 is 0 Å². The summed E-state index contributed by atoms with van der Waals surface area (Å²) in [5.74, 6) is 0. The van der Waals surface area contributed by atoms with Crippen molar-refractivity contribution in [3.8, 4) is 0 Å². The van der Waals surface area contributed by atoms with Gasteiger partial charge in [-0.3, -0.25) is 4.98 Å². The van der Waals surface area contributed by atoms with E-state index < -0.39 is 0 Å². The minimum Gasteiger partial charge on any atom is -0.356 e. The Bertz CT molecular complexity index is 466. The highest BCUT2D eigenvalue weighted by Gasteiger charge is 1.89. The lowest BCUT2D eigenvalue weighted by Crippen LogP contribution is -1.87. The lowest BCUT2D eigenvalue weighted by atomic mass is 10.3. The second-order valence-electron chi connectivity index (χ2n) is 3.53. The van der Waals surface area contributed by atoms with E-state index in [0.717, 1.165) is 11.4 Å². The molecule has 0 fully saturated rings. The molecule has 0 radical (unpaired) electrons. The van der Waals surface area contributed by atoms with Gasteiger partial charge in [0.05, 0.1) is 5.51 Å². The monoisotopic (exact) mass is 254 g/mol. The summed E-state index contributed by atoms with van der Waals surface area (Å²) in [5, 5.41) is 5.23. The van der Waals surface area contributed by atoms with Gasteiger partial charge in [0.15, 0.2) is 0 Å². The van der Waals surface area contributed by atoms with Gasteiger partial charge in [-0.05, 0) is 24.3 Å². The number of nitrogens with one attached hydrogen (secondary N) is 1. The maximum absolute atomic E-state index is 3.74. The third-order valence-corrected chi connectivity index (χ3v) is 2.71. The number of rotatable bonds is 2. The summed E-state index contributed by atoms with van der Waals surface area (Å²) >= 11 is 1.60. The lowest BCUT2D eigenvalue weighted by Gasteiger charge is -2.04. The average molecular weight is 254 g/mol. The Kier molecular flexibility index (Phi) is 4.96. The molecule has 0 aliphatic heterocycles. The summed E-state index contributed by atoms with van der Waals surface area (Å²) in [5.41, 5.74) is 4.03. The molecule has 0 saturated carbocycles. The normalized spacial score (nSPS) is 9.11. The Morgan fingerprint density at radius 3 is 1.67 bits per heavy atom. The van der Waals surface area contributed by atoms with E-state index in [4.69, 9.17) is 0 Å². The van der Waals surface area contributed by atoms with E-state index >= 15 is 0 Å². The minimum atomic E-state index is 1.12. The summed E-state index contributed by atoms with van der Waals surface area (Å²) in [7, 11) is 0. The largest absolute Gasteiger partial charge is 0.356 e. The van der Waals surface area contributed by atoms with Gasteiger partial charge in [0, 0.05) is 23.0 Å². The zero-order valence-corrected chi connectivity index (χ0v) is 10.7. The number of anilines is 2. The number of aromatic nitrogens is 1. The van der Waals surface area contributed by atoms with Crippen molar-refractivity contribution in [2.45, 2.75) is 0 Å². The van der Waals surface area contributed by atoms with E-state index in [9.17, 15) is 0 Å². The number of benzene rings is 2. The van der Waals surface area contributed by atoms with Gasteiger partial charge in [-0.25, -0.2) is 0 Å². The molecule has 0 bridgehead atoms. The van der Waals surface area contributed by atoms with Gasteiger partial charge in [0.1, 0.15) is 0 Å². The molecule has 3 aromatic rings. The highest BCUT2D eigenvalue weighted by Crippen LogP contribution is 2.14. The SMILES string of the molecule is c1ccc(Nc2ccccc2)cc1.c1cscn1. The Morgan fingerprint density at radius 1 is 0.778 bits per heavy atom. The maximum Gasteiger partial charge on any atom is 0.0791 e. The van der Waals surface area contributed by atoms with E-state index in [0.29, 0.717) is 0 Å². The first kappa shape index (κ1) is 12.3. The number of thiazole rings is 1. The van der Waals surface area contributed by atoms with Gasteiger partial charge in [-0.1, -0.05) is 36.4 Å². The highest BCUT2D eigenvalue weighted by atomic mass is 32.1. The Morgan fingerprint density at radius 2 is 1.33 bits per heavy atom.